The minimum atomic E-state index is -1.15. The Balaban J connectivity index is 1.32. The lowest BCUT2D eigenvalue weighted by atomic mass is 9.69. The molecule has 8 atom stereocenters. The van der Waals surface area contributed by atoms with Crippen LogP contribution in [-0.4, -0.2) is 119 Å². The molecule has 0 radical (unpaired) electrons. The highest BCUT2D eigenvalue weighted by Crippen LogP contribution is 2.47. The Bertz CT molecular complexity index is 906. The number of alkyl halides is 1. The molecule has 6 rings (SSSR count). The minimum Gasteiger partial charge on any atom is -0.369 e. The molecular weight excluding hydrogens is 461 g/mol. The maximum absolute atomic E-state index is 16.1. The molecule has 0 aromatic heterocycles. The van der Waals surface area contributed by atoms with E-state index in [1.165, 1.54) is 0 Å². The predicted octanol–water partition coefficient (Wildman–Crippen LogP) is 1.15. The number of carbonyl (C=O) groups is 2. The molecule has 4 heterocycles. The Kier molecular flexibility index (Phi) is 6.63. The summed E-state index contributed by atoms with van der Waals surface area (Å²) in [6.07, 6.45) is 5.42. The van der Waals surface area contributed by atoms with Crippen LogP contribution in [0.3, 0.4) is 0 Å². The Morgan fingerprint density at radius 2 is 1.83 bits per heavy atom. The molecule has 0 aromatic carbocycles. The summed E-state index contributed by atoms with van der Waals surface area (Å²) in [4.78, 5) is 35.9. The molecule has 4 aliphatic heterocycles. The van der Waals surface area contributed by atoms with Gasteiger partial charge in [0.2, 0.25) is 0 Å². The third kappa shape index (κ3) is 4.10. The topological polar surface area (TPSA) is 82.4 Å². The summed E-state index contributed by atoms with van der Waals surface area (Å²) in [6.45, 7) is 8.95. The number of hydrogen-bond acceptors (Lipinski definition) is 7. The summed E-state index contributed by atoms with van der Waals surface area (Å²) < 4.78 is 22.9. The normalized spacial score (nSPS) is 41.8. The van der Waals surface area contributed by atoms with E-state index in [9.17, 15) is 9.59 Å². The molecule has 1 amide bonds. The van der Waals surface area contributed by atoms with E-state index < -0.39 is 12.1 Å². The van der Waals surface area contributed by atoms with E-state index in [2.05, 4.69) is 28.5 Å². The van der Waals surface area contributed by atoms with Crippen LogP contribution < -0.4 is 5.73 Å². The molecule has 2 N–H and O–H groups in total. The molecule has 0 aromatic rings. The molecule has 6 aliphatic rings. The minimum absolute atomic E-state index is 0.0198. The monoisotopic (exact) mass is 503 g/mol. The number of morpholine rings is 1. The van der Waals surface area contributed by atoms with Gasteiger partial charge in [-0.05, 0) is 39.5 Å². The number of halogens is 1. The quantitative estimate of drug-likeness (QED) is 0.579. The van der Waals surface area contributed by atoms with Crippen LogP contribution in [-0.2, 0) is 14.3 Å². The Labute approximate surface area is 213 Å². The number of nitrogens with two attached hydrogens (primary N) is 1. The summed E-state index contributed by atoms with van der Waals surface area (Å²) in [7, 11) is 0. The van der Waals surface area contributed by atoms with E-state index in [0.717, 1.165) is 58.3 Å². The first-order chi connectivity index (χ1) is 17.3. The highest BCUT2D eigenvalue weighted by molar-refractivity contribution is 6.20. The van der Waals surface area contributed by atoms with Crippen molar-refractivity contribution in [3.8, 4) is 0 Å². The van der Waals surface area contributed by atoms with Crippen LogP contribution in [0.2, 0.25) is 0 Å². The summed E-state index contributed by atoms with van der Waals surface area (Å²) in [5.74, 6) is -0.972. The second kappa shape index (κ2) is 9.64. The number of hydrogen-bond donors (Lipinski definition) is 1. The SMILES string of the molecule is CC(C)N1CCN(C2C(F)CC3C(=O)C(C(=O)N4CCC(N)C4)=CN4C5CCCCC5OC2C34)CC1. The van der Waals surface area contributed by atoms with Gasteiger partial charge in [0.1, 0.15) is 6.17 Å². The van der Waals surface area contributed by atoms with Gasteiger partial charge < -0.3 is 20.3 Å². The fraction of sp³-hybridized carbons (Fsp3) is 0.852. The van der Waals surface area contributed by atoms with Gasteiger partial charge in [0.05, 0.1) is 35.9 Å². The van der Waals surface area contributed by atoms with Gasteiger partial charge in [-0.2, -0.15) is 0 Å². The lowest BCUT2D eigenvalue weighted by Gasteiger charge is -2.60. The molecular formula is C27H42FN5O3. The second-order valence-corrected chi connectivity index (χ2v) is 12.2. The third-order valence-corrected chi connectivity index (χ3v) is 9.79. The number of Topliss-reactive ketones (excluding diaryl/α,β-unsaturated/α-hetero) is 1. The standard InChI is InChI=1S/C27H42FN5O3/c1-16(2)30-9-11-31(12-10-30)24-20(28)13-18-23-26(24)36-22-6-4-3-5-21(22)33(23)15-19(25(18)34)27(35)32-8-7-17(29)14-32/h15-18,20-24,26H,3-14,29H2,1-2H3. The Morgan fingerprint density at radius 3 is 2.53 bits per heavy atom. The van der Waals surface area contributed by atoms with Crippen molar-refractivity contribution in [2.75, 3.05) is 39.3 Å². The zero-order chi connectivity index (χ0) is 25.1. The first-order valence-corrected chi connectivity index (χ1v) is 14.2. The van der Waals surface area contributed by atoms with Crippen LogP contribution in [0.1, 0.15) is 52.4 Å². The van der Waals surface area contributed by atoms with Crippen LogP contribution in [0.5, 0.6) is 0 Å². The Hall–Kier alpha value is -1.55. The number of piperazine rings is 1. The number of ether oxygens (including phenoxy) is 1. The average Bonchev–Trinajstić information content (AvgIpc) is 3.31. The zero-order valence-electron chi connectivity index (χ0n) is 21.7. The molecule has 0 bridgehead atoms. The molecule has 200 valence electrons. The van der Waals surface area contributed by atoms with E-state index >= 15 is 4.39 Å². The van der Waals surface area contributed by atoms with E-state index in [-0.39, 0.29) is 60.1 Å². The number of ketones is 1. The molecule has 5 fully saturated rings. The number of likely N-dealkylation sites (tertiary alicyclic amines) is 1. The van der Waals surface area contributed by atoms with Crippen LogP contribution >= 0.6 is 0 Å². The summed E-state index contributed by atoms with van der Waals surface area (Å²) >= 11 is 0. The van der Waals surface area contributed by atoms with E-state index in [0.29, 0.717) is 19.1 Å². The number of fused-ring (bicyclic) bond motifs is 2. The van der Waals surface area contributed by atoms with E-state index in [1.807, 2.05) is 6.20 Å². The van der Waals surface area contributed by atoms with Crippen molar-refractivity contribution in [1.82, 2.24) is 19.6 Å². The lowest BCUT2D eigenvalue weighted by molar-refractivity contribution is -0.213. The van der Waals surface area contributed by atoms with E-state index in [4.69, 9.17) is 10.5 Å². The summed E-state index contributed by atoms with van der Waals surface area (Å²) in [5, 5.41) is 0. The number of carbonyl (C=O) groups excluding carboxylic acids is 2. The van der Waals surface area contributed by atoms with Gasteiger partial charge >= 0.3 is 0 Å². The summed E-state index contributed by atoms with van der Waals surface area (Å²) in [6, 6.07) is 0.0400. The van der Waals surface area contributed by atoms with Crippen LogP contribution in [0.25, 0.3) is 0 Å². The van der Waals surface area contributed by atoms with Gasteiger partial charge in [-0.1, -0.05) is 12.8 Å². The fourth-order valence-electron chi connectivity index (χ4n) is 7.84. The predicted molar refractivity (Wildman–Crippen MR) is 134 cm³/mol. The molecule has 2 aliphatic carbocycles. The van der Waals surface area contributed by atoms with Crippen molar-refractivity contribution in [3.05, 3.63) is 11.8 Å². The number of amides is 1. The average molecular weight is 504 g/mol. The highest BCUT2D eigenvalue weighted by Gasteiger charge is 2.59. The molecule has 9 heteroatoms. The van der Waals surface area contributed by atoms with Gasteiger partial charge in [0.25, 0.3) is 5.91 Å². The number of rotatable bonds is 3. The molecule has 36 heavy (non-hydrogen) atoms. The lowest BCUT2D eigenvalue weighted by Crippen LogP contribution is -2.74. The van der Waals surface area contributed by atoms with Crippen molar-refractivity contribution < 1.29 is 18.7 Å². The van der Waals surface area contributed by atoms with Gasteiger partial charge in [-0.3, -0.25) is 19.4 Å². The van der Waals surface area contributed by atoms with Gasteiger partial charge in [0.15, 0.2) is 5.78 Å². The van der Waals surface area contributed by atoms with Crippen molar-refractivity contribution in [1.29, 1.82) is 0 Å². The zero-order valence-corrected chi connectivity index (χ0v) is 21.7. The maximum Gasteiger partial charge on any atom is 0.259 e. The highest BCUT2D eigenvalue weighted by atomic mass is 19.1. The fourth-order valence-corrected chi connectivity index (χ4v) is 7.84. The van der Waals surface area contributed by atoms with Crippen molar-refractivity contribution >= 4 is 11.7 Å². The Morgan fingerprint density at radius 1 is 1.08 bits per heavy atom. The van der Waals surface area contributed by atoms with Gasteiger partial charge in [0, 0.05) is 63.5 Å². The van der Waals surface area contributed by atoms with Crippen molar-refractivity contribution in [2.45, 2.75) is 101 Å². The van der Waals surface area contributed by atoms with Crippen LogP contribution in [0, 0.1) is 5.92 Å². The third-order valence-electron chi connectivity index (χ3n) is 9.79. The first-order valence-electron chi connectivity index (χ1n) is 14.2. The molecule has 8 nitrogen and oxygen atoms in total. The largest absolute Gasteiger partial charge is 0.369 e. The number of nitrogens with zero attached hydrogens (tertiary/aromatic N) is 4. The smallest absolute Gasteiger partial charge is 0.259 e. The molecule has 2 saturated carbocycles. The van der Waals surface area contributed by atoms with Crippen LogP contribution in [0.4, 0.5) is 4.39 Å². The molecule has 3 saturated heterocycles. The van der Waals surface area contributed by atoms with E-state index in [1.54, 1.807) is 4.90 Å². The van der Waals surface area contributed by atoms with Gasteiger partial charge in [-0.25, -0.2) is 4.39 Å². The molecule has 8 unspecified atom stereocenters. The molecule has 0 spiro atoms. The maximum atomic E-state index is 16.1. The first kappa shape index (κ1) is 24.8. The van der Waals surface area contributed by atoms with Crippen molar-refractivity contribution in [2.24, 2.45) is 11.7 Å². The second-order valence-electron chi connectivity index (χ2n) is 12.2. The summed E-state index contributed by atoms with van der Waals surface area (Å²) in [5.41, 5.74) is 6.28. The van der Waals surface area contributed by atoms with Crippen LogP contribution in [0.15, 0.2) is 11.8 Å². The van der Waals surface area contributed by atoms with Crippen molar-refractivity contribution in [3.63, 3.8) is 0 Å². The van der Waals surface area contributed by atoms with Gasteiger partial charge in [-0.15, -0.1) is 0 Å².